The fourth-order valence-electron chi connectivity index (χ4n) is 1.48. The summed E-state index contributed by atoms with van der Waals surface area (Å²) < 4.78 is 0. The Labute approximate surface area is 106 Å². The number of halogens is 1. The summed E-state index contributed by atoms with van der Waals surface area (Å²) in [6.07, 6.45) is 1.08. The molecule has 2 nitrogen and oxygen atoms in total. The molecule has 0 aliphatic heterocycles. The van der Waals surface area contributed by atoms with Gasteiger partial charge in [0.15, 0.2) is 0 Å². The van der Waals surface area contributed by atoms with Crippen molar-refractivity contribution in [1.29, 1.82) is 0 Å². The number of hydrogen-bond donors (Lipinski definition) is 1. The molecule has 1 atom stereocenters. The van der Waals surface area contributed by atoms with E-state index in [2.05, 4.69) is 28.2 Å². The SMILES string of the molecule is Cc1ccccc1C(=O)NCC(C)CCBr. The lowest BCUT2D eigenvalue weighted by Gasteiger charge is -2.12. The molecule has 3 heteroatoms. The molecule has 0 aromatic heterocycles. The van der Waals surface area contributed by atoms with Crippen molar-refractivity contribution < 1.29 is 4.79 Å². The number of rotatable bonds is 5. The van der Waals surface area contributed by atoms with E-state index < -0.39 is 0 Å². The van der Waals surface area contributed by atoms with E-state index in [1.165, 1.54) is 0 Å². The van der Waals surface area contributed by atoms with Crippen LogP contribution in [0.2, 0.25) is 0 Å². The fraction of sp³-hybridized carbons (Fsp3) is 0.462. The maximum Gasteiger partial charge on any atom is 0.251 e. The van der Waals surface area contributed by atoms with E-state index in [1.54, 1.807) is 0 Å². The van der Waals surface area contributed by atoms with Crippen molar-refractivity contribution >= 4 is 21.8 Å². The van der Waals surface area contributed by atoms with E-state index in [1.807, 2.05) is 31.2 Å². The standard InChI is InChI=1S/C13H18BrNO/c1-10(7-8-14)9-15-13(16)12-6-4-3-5-11(12)2/h3-6,10H,7-9H2,1-2H3,(H,15,16). The van der Waals surface area contributed by atoms with Gasteiger partial charge in [-0.15, -0.1) is 0 Å². The van der Waals surface area contributed by atoms with Crippen LogP contribution in [0.3, 0.4) is 0 Å². The lowest BCUT2D eigenvalue weighted by Crippen LogP contribution is -2.28. The van der Waals surface area contributed by atoms with Gasteiger partial charge in [0, 0.05) is 17.4 Å². The predicted molar refractivity (Wildman–Crippen MR) is 71.1 cm³/mol. The molecule has 1 unspecified atom stereocenters. The van der Waals surface area contributed by atoms with Gasteiger partial charge in [0.2, 0.25) is 0 Å². The van der Waals surface area contributed by atoms with Crippen LogP contribution in [-0.4, -0.2) is 17.8 Å². The van der Waals surface area contributed by atoms with Crippen molar-refractivity contribution in [2.45, 2.75) is 20.3 Å². The highest BCUT2D eigenvalue weighted by atomic mass is 79.9. The summed E-state index contributed by atoms with van der Waals surface area (Å²) in [7, 11) is 0. The summed E-state index contributed by atoms with van der Waals surface area (Å²) in [4.78, 5) is 11.9. The molecule has 0 fully saturated rings. The van der Waals surface area contributed by atoms with E-state index in [9.17, 15) is 4.79 Å². The van der Waals surface area contributed by atoms with E-state index in [4.69, 9.17) is 0 Å². The lowest BCUT2D eigenvalue weighted by atomic mass is 10.1. The Morgan fingerprint density at radius 2 is 2.12 bits per heavy atom. The van der Waals surface area contributed by atoms with Crippen LogP contribution in [0.5, 0.6) is 0 Å². The normalized spacial score (nSPS) is 12.2. The number of aryl methyl sites for hydroxylation is 1. The minimum absolute atomic E-state index is 0.0273. The van der Waals surface area contributed by atoms with Crippen LogP contribution < -0.4 is 5.32 Å². The van der Waals surface area contributed by atoms with Crippen LogP contribution in [0.1, 0.15) is 29.3 Å². The number of amides is 1. The lowest BCUT2D eigenvalue weighted by molar-refractivity contribution is 0.0947. The van der Waals surface area contributed by atoms with Crippen LogP contribution in [0.15, 0.2) is 24.3 Å². The highest BCUT2D eigenvalue weighted by Crippen LogP contribution is 2.07. The monoisotopic (exact) mass is 283 g/mol. The van der Waals surface area contributed by atoms with Crippen molar-refractivity contribution in [3.8, 4) is 0 Å². The number of nitrogens with one attached hydrogen (secondary N) is 1. The first-order valence-electron chi connectivity index (χ1n) is 5.55. The zero-order chi connectivity index (χ0) is 12.0. The van der Waals surface area contributed by atoms with Gasteiger partial charge < -0.3 is 5.32 Å². The number of benzene rings is 1. The van der Waals surface area contributed by atoms with Crippen LogP contribution in [-0.2, 0) is 0 Å². The highest BCUT2D eigenvalue weighted by Gasteiger charge is 2.09. The molecular weight excluding hydrogens is 266 g/mol. The van der Waals surface area contributed by atoms with Crippen LogP contribution in [0, 0.1) is 12.8 Å². The van der Waals surface area contributed by atoms with Gasteiger partial charge in [0.05, 0.1) is 0 Å². The molecular formula is C13H18BrNO. The van der Waals surface area contributed by atoms with Gasteiger partial charge in [-0.05, 0) is 30.9 Å². The Balaban J connectivity index is 2.50. The molecule has 88 valence electrons. The number of alkyl halides is 1. The highest BCUT2D eigenvalue weighted by molar-refractivity contribution is 9.09. The summed E-state index contributed by atoms with van der Waals surface area (Å²) in [5.41, 5.74) is 1.79. The van der Waals surface area contributed by atoms with Gasteiger partial charge in [-0.1, -0.05) is 41.1 Å². The molecule has 0 saturated carbocycles. The van der Waals surface area contributed by atoms with E-state index in [0.29, 0.717) is 5.92 Å². The molecule has 1 amide bonds. The first-order valence-corrected chi connectivity index (χ1v) is 6.67. The first kappa shape index (κ1) is 13.2. The molecule has 0 radical (unpaired) electrons. The minimum Gasteiger partial charge on any atom is -0.352 e. The van der Waals surface area contributed by atoms with E-state index >= 15 is 0 Å². The van der Waals surface area contributed by atoms with Gasteiger partial charge in [-0.3, -0.25) is 4.79 Å². The maximum absolute atomic E-state index is 11.9. The topological polar surface area (TPSA) is 29.1 Å². The number of carbonyl (C=O) groups is 1. The molecule has 0 heterocycles. The van der Waals surface area contributed by atoms with Crippen molar-refractivity contribution in [3.05, 3.63) is 35.4 Å². The second-order valence-corrected chi connectivity index (χ2v) is 4.90. The Morgan fingerprint density at radius 3 is 2.75 bits per heavy atom. The van der Waals surface area contributed by atoms with Crippen molar-refractivity contribution in [3.63, 3.8) is 0 Å². The average Bonchev–Trinajstić information content (AvgIpc) is 2.27. The maximum atomic E-state index is 11.9. The molecule has 0 saturated heterocycles. The summed E-state index contributed by atoms with van der Waals surface area (Å²) in [5, 5.41) is 3.95. The molecule has 0 aliphatic rings. The molecule has 16 heavy (non-hydrogen) atoms. The Bertz CT molecular complexity index is 352. The van der Waals surface area contributed by atoms with Gasteiger partial charge in [-0.2, -0.15) is 0 Å². The zero-order valence-electron chi connectivity index (χ0n) is 9.79. The molecule has 0 bridgehead atoms. The fourth-order valence-corrected chi connectivity index (χ4v) is 2.26. The summed E-state index contributed by atoms with van der Waals surface area (Å²) in [6.45, 7) is 4.83. The first-order chi connectivity index (χ1) is 7.65. The predicted octanol–water partition coefficient (Wildman–Crippen LogP) is 3.15. The zero-order valence-corrected chi connectivity index (χ0v) is 11.4. The second-order valence-electron chi connectivity index (χ2n) is 4.11. The quantitative estimate of drug-likeness (QED) is 0.827. The average molecular weight is 284 g/mol. The summed E-state index contributed by atoms with van der Waals surface area (Å²) in [6, 6.07) is 7.65. The van der Waals surface area contributed by atoms with Gasteiger partial charge in [-0.25, -0.2) is 0 Å². The summed E-state index contributed by atoms with van der Waals surface area (Å²) in [5.74, 6) is 0.534. The van der Waals surface area contributed by atoms with Gasteiger partial charge in [0.1, 0.15) is 0 Å². The van der Waals surface area contributed by atoms with Crippen LogP contribution in [0.4, 0.5) is 0 Å². The van der Waals surface area contributed by atoms with Crippen LogP contribution in [0.25, 0.3) is 0 Å². The molecule has 1 N–H and O–H groups in total. The Hall–Kier alpha value is -0.830. The third-order valence-corrected chi connectivity index (χ3v) is 3.06. The molecule has 0 aliphatic carbocycles. The van der Waals surface area contributed by atoms with E-state index in [-0.39, 0.29) is 5.91 Å². The van der Waals surface area contributed by atoms with Crippen LogP contribution >= 0.6 is 15.9 Å². The van der Waals surface area contributed by atoms with Crippen molar-refractivity contribution in [2.75, 3.05) is 11.9 Å². The third-order valence-electron chi connectivity index (χ3n) is 2.60. The van der Waals surface area contributed by atoms with Gasteiger partial charge in [0.25, 0.3) is 5.91 Å². The van der Waals surface area contributed by atoms with E-state index in [0.717, 1.165) is 29.4 Å². The Morgan fingerprint density at radius 1 is 1.44 bits per heavy atom. The molecule has 1 aromatic carbocycles. The van der Waals surface area contributed by atoms with Crippen molar-refractivity contribution in [1.82, 2.24) is 5.32 Å². The Kier molecular flexibility index (Phi) is 5.53. The second kappa shape index (κ2) is 6.69. The number of hydrogen-bond acceptors (Lipinski definition) is 1. The molecule has 1 aromatic rings. The summed E-state index contributed by atoms with van der Waals surface area (Å²) >= 11 is 3.40. The van der Waals surface area contributed by atoms with Crippen molar-refractivity contribution in [2.24, 2.45) is 5.92 Å². The molecule has 0 spiro atoms. The number of carbonyl (C=O) groups excluding carboxylic acids is 1. The smallest absolute Gasteiger partial charge is 0.251 e. The third kappa shape index (κ3) is 3.97. The largest absolute Gasteiger partial charge is 0.352 e. The molecule has 1 rings (SSSR count). The van der Waals surface area contributed by atoms with Gasteiger partial charge >= 0.3 is 0 Å². The minimum atomic E-state index is 0.0273.